The molecule has 0 atom stereocenters. The van der Waals surface area contributed by atoms with Gasteiger partial charge in [-0.05, 0) is 12.1 Å². The lowest BCUT2D eigenvalue weighted by molar-refractivity contribution is -0.174. The molecule has 0 aliphatic heterocycles. The molecule has 0 bridgehead atoms. The van der Waals surface area contributed by atoms with E-state index in [-0.39, 0.29) is 23.7 Å². The van der Waals surface area contributed by atoms with Crippen LogP contribution in [0.2, 0.25) is 0 Å². The van der Waals surface area contributed by atoms with Gasteiger partial charge in [-0.3, -0.25) is 4.79 Å². The van der Waals surface area contributed by atoms with Crippen LogP contribution in [0.5, 0.6) is 0 Å². The van der Waals surface area contributed by atoms with Gasteiger partial charge in [0.2, 0.25) is 0 Å². The fourth-order valence-electron chi connectivity index (χ4n) is 1.25. The van der Waals surface area contributed by atoms with Gasteiger partial charge < -0.3 is 15.0 Å². The van der Waals surface area contributed by atoms with E-state index in [9.17, 15) is 18.0 Å². The number of nitrogens with zero attached hydrogens (tertiary/aromatic N) is 1. The highest BCUT2D eigenvalue weighted by molar-refractivity contribution is 7.80. The fourth-order valence-corrected chi connectivity index (χ4v) is 1.41. The average Bonchev–Trinajstić information content (AvgIpc) is 2.24. The second kappa shape index (κ2) is 5.96. The molecule has 0 spiro atoms. The van der Waals surface area contributed by atoms with Gasteiger partial charge in [-0.25, -0.2) is 0 Å². The maximum absolute atomic E-state index is 11.8. The number of nitrogens with two attached hydrogens (primary N) is 1. The van der Waals surface area contributed by atoms with E-state index in [0.29, 0.717) is 0 Å². The molecule has 0 aliphatic carbocycles. The van der Waals surface area contributed by atoms with Gasteiger partial charge in [0.1, 0.15) is 11.6 Å². The van der Waals surface area contributed by atoms with Crippen molar-refractivity contribution in [1.29, 1.82) is 0 Å². The number of thiocarbonyl (C=S) groups is 1. The first-order valence-corrected chi connectivity index (χ1v) is 5.36. The summed E-state index contributed by atoms with van der Waals surface area (Å²) in [6.07, 6.45) is -2.94. The van der Waals surface area contributed by atoms with E-state index in [1.165, 1.54) is 16.8 Å². The Labute approximate surface area is 106 Å². The number of rotatable bonds is 5. The first-order valence-electron chi connectivity index (χ1n) is 4.95. The summed E-state index contributed by atoms with van der Waals surface area (Å²) in [5, 5.41) is 0. The Bertz CT molecular complexity index is 485. The Morgan fingerprint density at radius 3 is 2.72 bits per heavy atom. The molecule has 0 saturated carbocycles. The molecule has 0 saturated heterocycles. The standard InChI is InChI=1S/C10H11F3N2O2S/c11-10(12,13)6-17-5-4-15-3-1-2-7(8(14)18)9(15)16/h1-3H,4-6H2,(H2,14,18). The van der Waals surface area contributed by atoms with Crippen molar-refractivity contribution in [2.75, 3.05) is 13.2 Å². The molecule has 18 heavy (non-hydrogen) atoms. The van der Waals surface area contributed by atoms with Crippen molar-refractivity contribution in [2.45, 2.75) is 12.7 Å². The second-order valence-corrected chi connectivity index (χ2v) is 3.89. The molecule has 1 aromatic rings. The lowest BCUT2D eigenvalue weighted by Gasteiger charge is -2.09. The van der Waals surface area contributed by atoms with Crippen molar-refractivity contribution >= 4 is 17.2 Å². The van der Waals surface area contributed by atoms with Crippen molar-refractivity contribution in [3.05, 3.63) is 34.2 Å². The highest BCUT2D eigenvalue weighted by Crippen LogP contribution is 2.14. The number of pyridine rings is 1. The maximum atomic E-state index is 11.8. The van der Waals surface area contributed by atoms with Crippen LogP contribution in [0.15, 0.2) is 23.1 Å². The molecule has 1 rings (SSSR count). The molecule has 100 valence electrons. The number of alkyl halides is 3. The minimum absolute atomic E-state index is 0.00532. The predicted octanol–water partition coefficient (Wildman–Crippen LogP) is 1.06. The zero-order valence-corrected chi connectivity index (χ0v) is 10.1. The van der Waals surface area contributed by atoms with Gasteiger partial charge in [0.25, 0.3) is 5.56 Å². The Morgan fingerprint density at radius 2 is 2.17 bits per heavy atom. The first kappa shape index (κ1) is 14.7. The lowest BCUT2D eigenvalue weighted by Crippen LogP contribution is -2.30. The molecule has 0 aromatic carbocycles. The van der Waals surface area contributed by atoms with E-state index < -0.39 is 18.3 Å². The third-order valence-corrected chi connectivity index (χ3v) is 2.25. The smallest absolute Gasteiger partial charge is 0.389 e. The van der Waals surface area contributed by atoms with Gasteiger partial charge in [-0.15, -0.1) is 0 Å². The topological polar surface area (TPSA) is 57.2 Å². The summed E-state index contributed by atoms with van der Waals surface area (Å²) in [6, 6.07) is 3.00. The summed E-state index contributed by atoms with van der Waals surface area (Å²) in [5.74, 6) is 0. The van der Waals surface area contributed by atoms with Crippen LogP contribution in [0.4, 0.5) is 13.2 Å². The molecule has 2 N–H and O–H groups in total. The van der Waals surface area contributed by atoms with E-state index >= 15 is 0 Å². The van der Waals surface area contributed by atoms with E-state index in [0.717, 1.165) is 0 Å². The fraction of sp³-hybridized carbons (Fsp3) is 0.400. The van der Waals surface area contributed by atoms with Crippen molar-refractivity contribution in [2.24, 2.45) is 5.73 Å². The van der Waals surface area contributed by atoms with Gasteiger partial charge in [0.05, 0.1) is 12.2 Å². The number of hydrogen-bond acceptors (Lipinski definition) is 3. The van der Waals surface area contributed by atoms with Crippen molar-refractivity contribution in [3.63, 3.8) is 0 Å². The SMILES string of the molecule is NC(=S)c1cccn(CCOCC(F)(F)F)c1=O. The summed E-state index contributed by atoms with van der Waals surface area (Å²) in [4.78, 5) is 11.7. The van der Waals surface area contributed by atoms with Crippen LogP contribution in [-0.4, -0.2) is 28.9 Å². The van der Waals surface area contributed by atoms with Crippen LogP contribution in [0.3, 0.4) is 0 Å². The number of halogens is 3. The van der Waals surface area contributed by atoms with Crippen LogP contribution in [0, 0.1) is 0 Å². The summed E-state index contributed by atoms with van der Waals surface area (Å²) in [6.45, 7) is -1.55. The second-order valence-electron chi connectivity index (χ2n) is 3.45. The monoisotopic (exact) mass is 280 g/mol. The van der Waals surface area contributed by atoms with Gasteiger partial charge in [0, 0.05) is 12.7 Å². The zero-order chi connectivity index (χ0) is 13.8. The number of ether oxygens (including phenoxy) is 1. The third kappa shape index (κ3) is 4.46. The van der Waals surface area contributed by atoms with Crippen LogP contribution in [0.25, 0.3) is 0 Å². The Morgan fingerprint density at radius 1 is 1.50 bits per heavy atom. The minimum atomic E-state index is -4.37. The molecule has 0 amide bonds. The van der Waals surface area contributed by atoms with Crippen LogP contribution in [-0.2, 0) is 11.3 Å². The van der Waals surface area contributed by atoms with Gasteiger partial charge in [-0.1, -0.05) is 12.2 Å². The van der Waals surface area contributed by atoms with E-state index in [2.05, 4.69) is 17.0 Å². The molecule has 0 radical (unpaired) electrons. The molecule has 4 nitrogen and oxygen atoms in total. The van der Waals surface area contributed by atoms with Crippen molar-refractivity contribution in [1.82, 2.24) is 4.57 Å². The Hall–Kier alpha value is -1.41. The maximum Gasteiger partial charge on any atom is 0.411 e. The Kier molecular flexibility index (Phi) is 4.85. The molecule has 0 unspecified atom stereocenters. The van der Waals surface area contributed by atoms with Gasteiger partial charge >= 0.3 is 6.18 Å². The summed E-state index contributed by atoms with van der Waals surface area (Å²) >= 11 is 4.68. The van der Waals surface area contributed by atoms with E-state index in [4.69, 9.17) is 5.73 Å². The Balaban J connectivity index is 2.61. The van der Waals surface area contributed by atoms with Crippen LogP contribution >= 0.6 is 12.2 Å². The van der Waals surface area contributed by atoms with Crippen molar-refractivity contribution in [3.8, 4) is 0 Å². The molecule has 0 aliphatic rings. The zero-order valence-electron chi connectivity index (χ0n) is 9.24. The van der Waals surface area contributed by atoms with Gasteiger partial charge in [-0.2, -0.15) is 13.2 Å². The number of hydrogen-bond donors (Lipinski definition) is 1. The molecule has 1 heterocycles. The number of aromatic nitrogens is 1. The van der Waals surface area contributed by atoms with Crippen molar-refractivity contribution < 1.29 is 17.9 Å². The van der Waals surface area contributed by atoms with Gasteiger partial charge in [0.15, 0.2) is 0 Å². The minimum Gasteiger partial charge on any atom is -0.389 e. The third-order valence-electron chi connectivity index (χ3n) is 2.03. The summed E-state index contributed by atoms with van der Waals surface area (Å²) in [5.41, 5.74) is 5.05. The molecule has 8 heteroatoms. The highest BCUT2D eigenvalue weighted by Gasteiger charge is 2.27. The molecular weight excluding hydrogens is 269 g/mol. The quantitative estimate of drug-likeness (QED) is 0.647. The average molecular weight is 280 g/mol. The highest BCUT2D eigenvalue weighted by atomic mass is 32.1. The van der Waals surface area contributed by atoms with E-state index in [1.807, 2.05) is 0 Å². The molecule has 0 fully saturated rings. The van der Waals surface area contributed by atoms with Crippen LogP contribution in [0.1, 0.15) is 5.56 Å². The normalized spacial score (nSPS) is 11.5. The first-order chi connectivity index (χ1) is 8.31. The summed E-state index contributed by atoms with van der Waals surface area (Å²) < 4.78 is 41.0. The van der Waals surface area contributed by atoms with Crippen LogP contribution < -0.4 is 11.3 Å². The molecular formula is C10H11F3N2O2S. The molecule has 1 aromatic heterocycles. The summed E-state index contributed by atoms with van der Waals surface area (Å²) in [7, 11) is 0. The lowest BCUT2D eigenvalue weighted by atomic mass is 10.3. The largest absolute Gasteiger partial charge is 0.411 e. The van der Waals surface area contributed by atoms with E-state index in [1.54, 1.807) is 6.07 Å². The predicted molar refractivity (Wildman–Crippen MR) is 63.5 cm³/mol.